The predicted molar refractivity (Wildman–Crippen MR) is 132 cm³/mol. The molecule has 0 aliphatic heterocycles. The van der Waals surface area contributed by atoms with Crippen molar-refractivity contribution in [3.63, 3.8) is 0 Å². The van der Waals surface area contributed by atoms with Gasteiger partial charge in [-0.15, -0.1) is 0 Å². The molecule has 3 aromatic carbocycles. The fraction of sp³-hybridized carbons (Fsp3) is 0.0833. The molecule has 1 amide bonds. The molecule has 10 heteroatoms. The molecule has 0 aliphatic carbocycles. The van der Waals surface area contributed by atoms with Crippen molar-refractivity contribution in [1.29, 1.82) is 0 Å². The second kappa shape index (κ2) is 10.1. The second-order valence-corrected chi connectivity index (χ2v) is 8.21. The van der Waals surface area contributed by atoms with Crippen molar-refractivity contribution in [3.8, 4) is 5.69 Å². The van der Waals surface area contributed by atoms with E-state index in [9.17, 15) is 19.7 Å². The van der Waals surface area contributed by atoms with E-state index in [1.807, 2.05) is 31.2 Å². The summed E-state index contributed by atoms with van der Waals surface area (Å²) < 4.78 is 1.52. The van der Waals surface area contributed by atoms with Crippen LogP contribution < -0.4 is 11.0 Å². The number of fused-ring (bicyclic) bond motifs is 1. The van der Waals surface area contributed by atoms with E-state index in [1.54, 1.807) is 24.3 Å². The maximum Gasteiger partial charge on any atom is 0.269 e. The molecule has 1 aromatic heterocycles. The van der Waals surface area contributed by atoms with E-state index in [1.165, 1.54) is 35.0 Å². The number of nitrogens with zero attached hydrogens (tertiary/aromatic N) is 4. The molecule has 1 N–H and O–H groups in total. The second-order valence-electron chi connectivity index (χ2n) is 7.27. The third-order valence-corrected chi connectivity index (χ3v) is 5.88. The monoisotopic (exact) mass is 473 g/mol. The molecule has 0 unspecified atom stereocenters. The molecule has 9 nitrogen and oxygen atoms in total. The maximum absolute atomic E-state index is 13.3. The van der Waals surface area contributed by atoms with Gasteiger partial charge in [0, 0.05) is 12.1 Å². The quantitative estimate of drug-likeness (QED) is 0.143. The number of non-ortho nitro benzene ring substituents is 1. The van der Waals surface area contributed by atoms with E-state index in [0.29, 0.717) is 27.3 Å². The summed E-state index contributed by atoms with van der Waals surface area (Å²) in [5.41, 5.74) is 4.94. The number of para-hydroxylation sites is 2. The molecule has 0 aliphatic rings. The summed E-state index contributed by atoms with van der Waals surface area (Å²) in [6.07, 6.45) is 1.39. The summed E-state index contributed by atoms with van der Waals surface area (Å²) in [6, 6.07) is 20.3. The third kappa shape index (κ3) is 5.02. The van der Waals surface area contributed by atoms with Gasteiger partial charge < -0.3 is 0 Å². The number of nitro groups is 1. The summed E-state index contributed by atoms with van der Waals surface area (Å²) in [5.74, 6) is -0.407. The van der Waals surface area contributed by atoms with E-state index in [0.717, 1.165) is 17.3 Å². The summed E-state index contributed by atoms with van der Waals surface area (Å²) in [7, 11) is 0. The first kappa shape index (κ1) is 22.9. The molecule has 0 fully saturated rings. The number of carbonyl (C=O) groups excluding carboxylic acids is 1. The van der Waals surface area contributed by atoms with Gasteiger partial charge in [0.1, 0.15) is 0 Å². The number of aryl methyl sites for hydroxylation is 1. The van der Waals surface area contributed by atoms with Crippen molar-refractivity contribution >= 4 is 40.5 Å². The van der Waals surface area contributed by atoms with Crippen LogP contribution in [-0.2, 0) is 4.79 Å². The van der Waals surface area contributed by atoms with Crippen LogP contribution in [0.15, 0.2) is 87.8 Å². The first-order chi connectivity index (χ1) is 16.4. The molecule has 34 heavy (non-hydrogen) atoms. The molecule has 0 spiro atoms. The zero-order chi connectivity index (χ0) is 24.1. The molecule has 0 saturated carbocycles. The number of amides is 1. The molecule has 1 heterocycles. The molecule has 0 radical (unpaired) electrons. The fourth-order valence-corrected chi connectivity index (χ4v) is 4.06. The van der Waals surface area contributed by atoms with Crippen molar-refractivity contribution in [2.75, 3.05) is 5.75 Å². The zero-order valence-corrected chi connectivity index (χ0v) is 18.9. The van der Waals surface area contributed by atoms with Gasteiger partial charge in [-0.2, -0.15) is 5.10 Å². The largest absolute Gasteiger partial charge is 0.272 e. The van der Waals surface area contributed by atoms with Gasteiger partial charge in [0.15, 0.2) is 5.16 Å². The van der Waals surface area contributed by atoms with Gasteiger partial charge in [-0.25, -0.2) is 10.4 Å². The van der Waals surface area contributed by atoms with Gasteiger partial charge in [0.05, 0.1) is 33.5 Å². The standard InChI is InChI=1S/C24H19N5O4S/c1-16-6-2-5-9-21(16)28-23(31)19-7-3-4-8-20(19)26-24(28)34-15-22(30)27-25-14-17-10-12-18(13-11-17)29(32)33/h2-14H,15H2,1H3,(H,27,30)/b25-14+. The minimum absolute atomic E-state index is 0.0196. The van der Waals surface area contributed by atoms with Crippen molar-refractivity contribution in [2.45, 2.75) is 12.1 Å². The molecule has 0 atom stereocenters. The number of aromatic nitrogens is 2. The van der Waals surface area contributed by atoms with Crippen LogP contribution in [0.3, 0.4) is 0 Å². The Bertz CT molecular complexity index is 1460. The average Bonchev–Trinajstić information content (AvgIpc) is 2.84. The van der Waals surface area contributed by atoms with Gasteiger partial charge in [-0.3, -0.25) is 24.3 Å². The molecule has 4 aromatic rings. The van der Waals surface area contributed by atoms with E-state index >= 15 is 0 Å². The third-order valence-electron chi connectivity index (χ3n) is 4.94. The number of thioether (sulfide) groups is 1. The zero-order valence-electron chi connectivity index (χ0n) is 18.0. The van der Waals surface area contributed by atoms with Gasteiger partial charge in [0.25, 0.3) is 17.2 Å². The van der Waals surface area contributed by atoms with Crippen LogP contribution in [0.5, 0.6) is 0 Å². The highest BCUT2D eigenvalue weighted by atomic mass is 32.2. The molecule has 0 saturated heterocycles. The molecule has 170 valence electrons. The first-order valence-corrected chi connectivity index (χ1v) is 11.2. The van der Waals surface area contributed by atoms with Crippen molar-refractivity contribution in [2.24, 2.45) is 5.10 Å². The van der Waals surface area contributed by atoms with Crippen LogP contribution in [0, 0.1) is 17.0 Å². The molecule has 4 rings (SSSR count). The smallest absolute Gasteiger partial charge is 0.269 e. The van der Waals surface area contributed by atoms with Crippen LogP contribution in [0.1, 0.15) is 11.1 Å². The van der Waals surface area contributed by atoms with Crippen LogP contribution in [-0.4, -0.2) is 32.3 Å². The van der Waals surface area contributed by atoms with Crippen molar-refractivity contribution in [1.82, 2.24) is 15.0 Å². The van der Waals surface area contributed by atoms with Crippen LogP contribution in [0.25, 0.3) is 16.6 Å². The van der Waals surface area contributed by atoms with Crippen LogP contribution >= 0.6 is 11.8 Å². The number of hydrazone groups is 1. The lowest BCUT2D eigenvalue weighted by molar-refractivity contribution is -0.384. The van der Waals surface area contributed by atoms with Crippen LogP contribution in [0.2, 0.25) is 0 Å². The normalized spacial score (nSPS) is 11.1. The Morgan fingerprint density at radius 3 is 2.56 bits per heavy atom. The molecular formula is C24H19N5O4S. The highest BCUT2D eigenvalue weighted by molar-refractivity contribution is 7.99. The molecular weight excluding hydrogens is 454 g/mol. The van der Waals surface area contributed by atoms with E-state index in [2.05, 4.69) is 15.5 Å². The fourth-order valence-electron chi connectivity index (χ4n) is 3.26. The van der Waals surface area contributed by atoms with Gasteiger partial charge >= 0.3 is 0 Å². The minimum atomic E-state index is -0.489. The van der Waals surface area contributed by atoms with Crippen LogP contribution in [0.4, 0.5) is 5.69 Å². The Hall–Kier alpha value is -4.31. The number of benzene rings is 3. The highest BCUT2D eigenvalue weighted by Crippen LogP contribution is 2.23. The van der Waals surface area contributed by atoms with E-state index in [4.69, 9.17) is 0 Å². The number of nitro benzene ring substituents is 1. The summed E-state index contributed by atoms with van der Waals surface area (Å²) in [4.78, 5) is 40.5. The summed E-state index contributed by atoms with van der Waals surface area (Å²) in [5, 5.41) is 15.5. The Labute approximate surface area is 198 Å². The number of rotatable bonds is 7. The van der Waals surface area contributed by atoms with E-state index in [-0.39, 0.29) is 22.9 Å². The number of carbonyl (C=O) groups is 1. The van der Waals surface area contributed by atoms with E-state index < -0.39 is 4.92 Å². The summed E-state index contributed by atoms with van der Waals surface area (Å²) >= 11 is 1.13. The lowest BCUT2D eigenvalue weighted by atomic mass is 10.2. The summed E-state index contributed by atoms with van der Waals surface area (Å²) in [6.45, 7) is 1.91. The first-order valence-electron chi connectivity index (χ1n) is 10.2. The Morgan fingerprint density at radius 1 is 1.12 bits per heavy atom. The van der Waals surface area contributed by atoms with Crippen molar-refractivity contribution in [3.05, 3.63) is 104 Å². The maximum atomic E-state index is 13.3. The Morgan fingerprint density at radius 2 is 1.82 bits per heavy atom. The SMILES string of the molecule is Cc1ccccc1-n1c(SCC(=O)N/N=C/c2ccc([N+](=O)[O-])cc2)nc2ccccc2c1=O. The Kier molecular flexibility index (Phi) is 6.79. The van der Waals surface area contributed by atoms with Gasteiger partial charge in [-0.05, 0) is 48.4 Å². The number of hydrogen-bond acceptors (Lipinski definition) is 7. The van der Waals surface area contributed by atoms with Gasteiger partial charge in [-0.1, -0.05) is 42.1 Å². The predicted octanol–water partition coefficient (Wildman–Crippen LogP) is 3.84. The number of hydrogen-bond donors (Lipinski definition) is 1. The highest BCUT2D eigenvalue weighted by Gasteiger charge is 2.15. The Balaban J connectivity index is 1.53. The minimum Gasteiger partial charge on any atom is -0.272 e. The lowest BCUT2D eigenvalue weighted by Gasteiger charge is -2.14. The van der Waals surface area contributed by atoms with Gasteiger partial charge in [0.2, 0.25) is 0 Å². The molecule has 0 bridgehead atoms. The number of nitrogens with one attached hydrogen (secondary N) is 1. The topological polar surface area (TPSA) is 119 Å². The average molecular weight is 474 g/mol. The van der Waals surface area contributed by atoms with Crippen molar-refractivity contribution < 1.29 is 9.72 Å². The lowest BCUT2D eigenvalue weighted by Crippen LogP contribution is -2.24.